The standard InChI is InChI=1S/C14H13N5O/c1-2-7-19-9-10(8-15)13(18-14(19)20)17-12-6-4-3-5-11(12)16/h2-6,9H,1,7,16H2,(H,17,18,20). The predicted octanol–water partition coefficient (Wildman–Crippen LogP) is 1.63. The lowest BCUT2D eigenvalue weighted by molar-refractivity contribution is 0.744. The third kappa shape index (κ3) is 2.67. The number of anilines is 3. The molecule has 0 saturated heterocycles. The Morgan fingerprint density at radius 2 is 2.25 bits per heavy atom. The molecular formula is C14H13N5O. The van der Waals surface area contributed by atoms with E-state index in [4.69, 9.17) is 11.0 Å². The molecule has 2 aromatic rings. The van der Waals surface area contributed by atoms with Crippen LogP contribution in [0.2, 0.25) is 0 Å². The van der Waals surface area contributed by atoms with Gasteiger partial charge in [0.05, 0.1) is 11.4 Å². The molecule has 6 heteroatoms. The quantitative estimate of drug-likeness (QED) is 0.648. The van der Waals surface area contributed by atoms with E-state index in [1.54, 1.807) is 30.3 Å². The Hall–Kier alpha value is -3.07. The molecule has 0 radical (unpaired) electrons. The van der Waals surface area contributed by atoms with Crippen LogP contribution in [0.5, 0.6) is 0 Å². The molecule has 0 amide bonds. The first kappa shape index (κ1) is 13.4. The maximum atomic E-state index is 11.8. The molecule has 1 aromatic carbocycles. The highest BCUT2D eigenvalue weighted by Crippen LogP contribution is 2.22. The Balaban J connectivity index is 2.45. The van der Waals surface area contributed by atoms with Crippen LogP contribution < -0.4 is 16.7 Å². The van der Waals surface area contributed by atoms with E-state index in [-0.39, 0.29) is 11.4 Å². The van der Waals surface area contributed by atoms with E-state index in [9.17, 15) is 4.79 Å². The Morgan fingerprint density at radius 3 is 2.90 bits per heavy atom. The Bertz CT molecular complexity index is 742. The zero-order valence-electron chi connectivity index (χ0n) is 10.7. The van der Waals surface area contributed by atoms with Gasteiger partial charge in [-0.1, -0.05) is 18.2 Å². The maximum absolute atomic E-state index is 11.8. The van der Waals surface area contributed by atoms with Gasteiger partial charge in [0.1, 0.15) is 11.6 Å². The van der Waals surface area contributed by atoms with Gasteiger partial charge in [0, 0.05) is 12.7 Å². The van der Waals surface area contributed by atoms with Gasteiger partial charge in [-0.3, -0.25) is 4.57 Å². The maximum Gasteiger partial charge on any atom is 0.349 e. The number of rotatable bonds is 4. The van der Waals surface area contributed by atoms with Crippen LogP contribution in [0.25, 0.3) is 0 Å². The first-order valence-corrected chi connectivity index (χ1v) is 5.89. The summed E-state index contributed by atoms with van der Waals surface area (Å²) < 4.78 is 1.31. The number of nitriles is 1. The molecule has 0 fully saturated rings. The van der Waals surface area contributed by atoms with Crippen molar-refractivity contribution in [2.45, 2.75) is 6.54 Å². The van der Waals surface area contributed by atoms with Crippen LogP contribution in [0.1, 0.15) is 5.56 Å². The zero-order valence-corrected chi connectivity index (χ0v) is 10.7. The van der Waals surface area contributed by atoms with Crippen molar-refractivity contribution in [1.29, 1.82) is 5.26 Å². The van der Waals surface area contributed by atoms with Crippen molar-refractivity contribution in [2.24, 2.45) is 0 Å². The molecular weight excluding hydrogens is 254 g/mol. The second-order valence-electron chi connectivity index (χ2n) is 4.05. The van der Waals surface area contributed by atoms with E-state index in [0.717, 1.165) is 0 Å². The highest BCUT2D eigenvalue weighted by molar-refractivity contribution is 5.72. The Morgan fingerprint density at radius 1 is 1.50 bits per heavy atom. The summed E-state index contributed by atoms with van der Waals surface area (Å²) in [5, 5.41) is 12.1. The van der Waals surface area contributed by atoms with Crippen molar-refractivity contribution < 1.29 is 0 Å². The largest absolute Gasteiger partial charge is 0.397 e. The van der Waals surface area contributed by atoms with Gasteiger partial charge in [-0.15, -0.1) is 6.58 Å². The van der Waals surface area contributed by atoms with E-state index in [1.807, 2.05) is 6.07 Å². The molecule has 1 heterocycles. The zero-order chi connectivity index (χ0) is 14.5. The monoisotopic (exact) mass is 267 g/mol. The molecule has 20 heavy (non-hydrogen) atoms. The highest BCUT2D eigenvalue weighted by Gasteiger charge is 2.09. The fraction of sp³-hybridized carbons (Fsp3) is 0.0714. The number of hydrogen-bond acceptors (Lipinski definition) is 5. The lowest BCUT2D eigenvalue weighted by Crippen LogP contribution is -2.23. The van der Waals surface area contributed by atoms with Crippen LogP contribution >= 0.6 is 0 Å². The summed E-state index contributed by atoms with van der Waals surface area (Å²) in [6.07, 6.45) is 3.00. The van der Waals surface area contributed by atoms with Gasteiger partial charge in [-0.25, -0.2) is 4.79 Å². The van der Waals surface area contributed by atoms with Gasteiger partial charge >= 0.3 is 5.69 Å². The van der Waals surface area contributed by atoms with Crippen LogP contribution in [0, 0.1) is 11.3 Å². The number of aromatic nitrogens is 2. The fourth-order valence-electron chi connectivity index (χ4n) is 1.68. The van der Waals surface area contributed by atoms with E-state index < -0.39 is 5.69 Å². The van der Waals surface area contributed by atoms with Crippen molar-refractivity contribution in [3.63, 3.8) is 0 Å². The molecule has 0 aliphatic heterocycles. The minimum Gasteiger partial charge on any atom is -0.397 e. The molecule has 0 aliphatic rings. The first-order chi connectivity index (χ1) is 9.65. The number of nitrogen functional groups attached to an aromatic ring is 1. The minimum absolute atomic E-state index is 0.190. The molecule has 2 rings (SSSR count). The summed E-state index contributed by atoms with van der Waals surface area (Å²) in [6.45, 7) is 3.85. The molecule has 0 spiro atoms. The van der Waals surface area contributed by atoms with E-state index >= 15 is 0 Å². The SMILES string of the molecule is C=CCn1cc(C#N)c(Nc2ccccc2N)nc1=O. The van der Waals surface area contributed by atoms with Crippen LogP contribution in [-0.4, -0.2) is 9.55 Å². The molecule has 3 N–H and O–H groups in total. The molecule has 0 saturated carbocycles. The predicted molar refractivity (Wildman–Crippen MR) is 77.5 cm³/mol. The number of nitrogens with two attached hydrogens (primary N) is 1. The second-order valence-corrected chi connectivity index (χ2v) is 4.05. The molecule has 1 aromatic heterocycles. The van der Waals surface area contributed by atoms with Gasteiger partial charge < -0.3 is 11.1 Å². The normalized spacial score (nSPS) is 9.75. The number of nitrogens with one attached hydrogen (secondary N) is 1. The van der Waals surface area contributed by atoms with E-state index in [1.165, 1.54) is 10.8 Å². The van der Waals surface area contributed by atoms with E-state index in [2.05, 4.69) is 16.9 Å². The second kappa shape index (κ2) is 5.71. The summed E-state index contributed by atoms with van der Waals surface area (Å²) in [5.41, 5.74) is 6.71. The van der Waals surface area contributed by atoms with Crippen LogP contribution in [0.3, 0.4) is 0 Å². The molecule has 0 atom stereocenters. The van der Waals surface area contributed by atoms with Crippen LogP contribution in [-0.2, 0) is 6.54 Å². The van der Waals surface area contributed by atoms with Crippen LogP contribution in [0.4, 0.5) is 17.2 Å². The van der Waals surface area contributed by atoms with Gasteiger partial charge in [0.15, 0.2) is 5.82 Å². The van der Waals surface area contributed by atoms with Gasteiger partial charge in [-0.2, -0.15) is 10.2 Å². The number of para-hydroxylation sites is 2. The smallest absolute Gasteiger partial charge is 0.349 e. The van der Waals surface area contributed by atoms with Crippen molar-refractivity contribution in [2.75, 3.05) is 11.1 Å². The third-order valence-electron chi connectivity index (χ3n) is 2.65. The molecule has 100 valence electrons. The van der Waals surface area contributed by atoms with Gasteiger partial charge in [-0.05, 0) is 12.1 Å². The summed E-state index contributed by atoms with van der Waals surface area (Å²) in [7, 11) is 0. The Kier molecular flexibility index (Phi) is 3.82. The molecule has 0 aliphatic carbocycles. The highest BCUT2D eigenvalue weighted by atomic mass is 16.1. The molecule has 6 nitrogen and oxygen atoms in total. The number of nitrogens with zero attached hydrogens (tertiary/aromatic N) is 3. The van der Waals surface area contributed by atoms with Crippen molar-refractivity contribution in [3.05, 3.63) is 59.2 Å². The van der Waals surface area contributed by atoms with Crippen molar-refractivity contribution >= 4 is 17.2 Å². The molecule has 0 unspecified atom stereocenters. The average molecular weight is 267 g/mol. The summed E-state index contributed by atoms with van der Waals surface area (Å²) in [4.78, 5) is 15.7. The van der Waals surface area contributed by atoms with Gasteiger partial charge in [0.25, 0.3) is 0 Å². The lowest BCUT2D eigenvalue weighted by atomic mass is 10.2. The number of allylic oxidation sites excluding steroid dienone is 1. The van der Waals surface area contributed by atoms with Gasteiger partial charge in [0.2, 0.25) is 0 Å². The van der Waals surface area contributed by atoms with Crippen molar-refractivity contribution in [3.8, 4) is 6.07 Å². The summed E-state index contributed by atoms with van der Waals surface area (Å²) in [5.74, 6) is 0.190. The fourth-order valence-corrected chi connectivity index (χ4v) is 1.68. The summed E-state index contributed by atoms with van der Waals surface area (Å²) in [6, 6.07) is 9.05. The van der Waals surface area contributed by atoms with Crippen LogP contribution in [0.15, 0.2) is 47.9 Å². The minimum atomic E-state index is -0.457. The average Bonchev–Trinajstić information content (AvgIpc) is 2.44. The first-order valence-electron chi connectivity index (χ1n) is 5.89. The third-order valence-corrected chi connectivity index (χ3v) is 2.65. The number of hydrogen-bond donors (Lipinski definition) is 2. The Labute approximate surface area is 115 Å². The number of benzene rings is 1. The van der Waals surface area contributed by atoms with E-state index in [0.29, 0.717) is 17.9 Å². The topological polar surface area (TPSA) is 96.7 Å². The summed E-state index contributed by atoms with van der Waals surface area (Å²) >= 11 is 0. The lowest BCUT2D eigenvalue weighted by Gasteiger charge is -2.10. The van der Waals surface area contributed by atoms with Crippen molar-refractivity contribution in [1.82, 2.24) is 9.55 Å². The molecule has 0 bridgehead atoms.